The largest absolute Gasteiger partial charge is 0.493 e. The minimum atomic E-state index is -3.27. The monoisotopic (exact) mass is 455 g/mol. The van der Waals surface area contributed by atoms with E-state index in [1.54, 1.807) is 42.5 Å². The van der Waals surface area contributed by atoms with Crippen LogP contribution in [-0.4, -0.2) is 51.0 Å². The van der Waals surface area contributed by atoms with Crippen LogP contribution in [0.2, 0.25) is 0 Å². The third-order valence-electron chi connectivity index (χ3n) is 6.14. The number of carbonyl (C=O) groups is 1. The second-order valence-corrected chi connectivity index (χ2v) is 10.2. The lowest BCUT2D eigenvalue weighted by Crippen LogP contribution is -2.40. The predicted molar refractivity (Wildman–Crippen MR) is 117 cm³/mol. The first kappa shape index (κ1) is 20.6. The zero-order chi connectivity index (χ0) is 22.6. The van der Waals surface area contributed by atoms with E-state index in [1.165, 1.54) is 19.1 Å². The fourth-order valence-corrected chi connectivity index (χ4v) is 6.37. The molecule has 9 heteroatoms. The van der Waals surface area contributed by atoms with Gasteiger partial charge in [0.1, 0.15) is 5.58 Å². The molecule has 0 N–H and O–H groups in total. The number of carbonyl (C=O) groups excluding carboxylic acids is 1. The molecule has 2 aliphatic heterocycles. The van der Waals surface area contributed by atoms with Crippen molar-refractivity contribution in [2.24, 2.45) is 0 Å². The van der Waals surface area contributed by atoms with Crippen molar-refractivity contribution in [1.82, 2.24) is 4.90 Å². The van der Waals surface area contributed by atoms with Crippen molar-refractivity contribution < 1.29 is 27.1 Å². The molecule has 0 spiro atoms. The van der Waals surface area contributed by atoms with E-state index in [2.05, 4.69) is 0 Å². The Kier molecular flexibility index (Phi) is 4.74. The summed E-state index contributed by atoms with van der Waals surface area (Å²) >= 11 is 0. The van der Waals surface area contributed by atoms with Gasteiger partial charge < -0.3 is 18.8 Å². The van der Waals surface area contributed by atoms with Crippen LogP contribution < -0.4 is 14.9 Å². The number of fused-ring (bicyclic) bond motifs is 2. The van der Waals surface area contributed by atoms with Gasteiger partial charge in [-0.3, -0.25) is 9.59 Å². The normalized spacial score (nSPS) is 21.7. The van der Waals surface area contributed by atoms with E-state index < -0.39 is 27.8 Å². The summed E-state index contributed by atoms with van der Waals surface area (Å²) < 4.78 is 41.0. The molecule has 3 aromatic rings. The molecular formula is C23H21NO7S. The van der Waals surface area contributed by atoms with Gasteiger partial charge >= 0.3 is 0 Å². The second-order valence-electron chi connectivity index (χ2n) is 7.96. The molecule has 32 heavy (non-hydrogen) atoms. The van der Waals surface area contributed by atoms with Crippen LogP contribution in [0.4, 0.5) is 0 Å². The first-order chi connectivity index (χ1) is 15.3. The van der Waals surface area contributed by atoms with Gasteiger partial charge in [0, 0.05) is 6.04 Å². The Morgan fingerprint density at radius 1 is 1.03 bits per heavy atom. The summed E-state index contributed by atoms with van der Waals surface area (Å²) in [5.41, 5.74) is 0.835. The molecule has 5 rings (SSSR count). The highest BCUT2D eigenvalue weighted by Gasteiger charge is 2.48. The van der Waals surface area contributed by atoms with E-state index >= 15 is 0 Å². The molecule has 8 nitrogen and oxygen atoms in total. The topological polar surface area (TPSA) is 103 Å². The van der Waals surface area contributed by atoms with Crippen LogP contribution in [0.25, 0.3) is 11.0 Å². The Hall–Kier alpha value is -3.33. The first-order valence-corrected chi connectivity index (χ1v) is 12.0. The summed E-state index contributed by atoms with van der Waals surface area (Å²) in [5.74, 6) is 0.267. The lowest BCUT2D eigenvalue weighted by atomic mass is 9.97. The molecule has 2 atom stereocenters. The number of para-hydroxylation sites is 1. The number of hydrogen-bond acceptors (Lipinski definition) is 7. The molecule has 0 unspecified atom stereocenters. The molecule has 0 saturated carbocycles. The van der Waals surface area contributed by atoms with Crippen molar-refractivity contribution >= 4 is 26.7 Å². The van der Waals surface area contributed by atoms with E-state index in [4.69, 9.17) is 13.9 Å². The van der Waals surface area contributed by atoms with Gasteiger partial charge in [0.15, 0.2) is 26.8 Å². The summed E-state index contributed by atoms with van der Waals surface area (Å²) in [7, 11) is -0.253. The molecule has 0 bridgehead atoms. The van der Waals surface area contributed by atoms with Gasteiger partial charge in [0.05, 0.1) is 42.7 Å². The zero-order valence-corrected chi connectivity index (χ0v) is 18.3. The van der Waals surface area contributed by atoms with Crippen LogP contribution in [0, 0.1) is 0 Å². The summed E-state index contributed by atoms with van der Waals surface area (Å²) in [4.78, 5) is 28.5. The number of ether oxygens (including phenoxy) is 2. The molecule has 166 valence electrons. The molecule has 1 aromatic heterocycles. The van der Waals surface area contributed by atoms with E-state index in [9.17, 15) is 18.0 Å². The Morgan fingerprint density at radius 2 is 1.78 bits per heavy atom. The third kappa shape index (κ3) is 3.07. The van der Waals surface area contributed by atoms with Crippen molar-refractivity contribution in [3.8, 4) is 11.5 Å². The van der Waals surface area contributed by atoms with Crippen molar-refractivity contribution in [2.75, 3.05) is 25.7 Å². The third-order valence-corrected chi connectivity index (χ3v) is 7.89. The second kappa shape index (κ2) is 7.37. The number of hydrogen-bond donors (Lipinski definition) is 0. The van der Waals surface area contributed by atoms with Crippen LogP contribution in [-0.2, 0) is 9.84 Å². The summed E-state index contributed by atoms with van der Waals surface area (Å²) in [6.07, 6.45) is 0.305. The van der Waals surface area contributed by atoms with Gasteiger partial charge in [0.2, 0.25) is 5.76 Å². The van der Waals surface area contributed by atoms with Gasteiger partial charge in [-0.15, -0.1) is 0 Å². The molecule has 2 aliphatic rings. The number of methoxy groups -OCH3 is 2. The Labute approximate surface area is 184 Å². The van der Waals surface area contributed by atoms with E-state index in [0.29, 0.717) is 34.5 Å². The maximum Gasteiger partial charge on any atom is 0.291 e. The van der Waals surface area contributed by atoms with Gasteiger partial charge in [-0.2, -0.15) is 0 Å². The summed E-state index contributed by atoms with van der Waals surface area (Å²) in [6.45, 7) is 0. The van der Waals surface area contributed by atoms with E-state index in [1.807, 2.05) is 0 Å². The molecule has 3 heterocycles. The lowest BCUT2D eigenvalue weighted by molar-refractivity contribution is 0.0662. The number of rotatable bonds is 4. The molecule has 2 aromatic carbocycles. The first-order valence-electron chi connectivity index (χ1n) is 10.2. The highest BCUT2D eigenvalue weighted by atomic mass is 32.2. The fraction of sp³-hybridized carbons (Fsp3) is 0.304. The maximum absolute atomic E-state index is 13.5. The minimum absolute atomic E-state index is 0.000202. The number of benzene rings is 2. The zero-order valence-electron chi connectivity index (χ0n) is 17.5. The van der Waals surface area contributed by atoms with E-state index in [0.717, 1.165) is 0 Å². The standard InChI is InChI=1S/C23H21NO7S/c1-29-17-8-7-13(11-18(17)30-2)20-19-21(25)15-5-3-4-6-16(15)31-22(19)23(26)24(20)14-9-10-32(27,28)12-14/h3-8,11,14,20H,9-10,12H2,1-2H3/t14-,20+/m0/s1. The number of sulfone groups is 1. The highest BCUT2D eigenvalue weighted by molar-refractivity contribution is 7.91. The number of amides is 1. The quantitative estimate of drug-likeness (QED) is 0.596. The molecule has 0 aliphatic carbocycles. The fourth-order valence-electron chi connectivity index (χ4n) is 4.66. The molecule has 0 radical (unpaired) electrons. The predicted octanol–water partition coefficient (Wildman–Crippen LogP) is 2.54. The summed E-state index contributed by atoms with van der Waals surface area (Å²) in [6, 6.07) is 10.5. The minimum Gasteiger partial charge on any atom is -0.493 e. The highest BCUT2D eigenvalue weighted by Crippen LogP contribution is 2.43. The number of nitrogens with zero attached hydrogens (tertiary/aromatic N) is 1. The van der Waals surface area contributed by atoms with E-state index in [-0.39, 0.29) is 28.3 Å². The maximum atomic E-state index is 13.5. The van der Waals surface area contributed by atoms with Gasteiger partial charge in [-0.25, -0.2) is 8.42 Å². The smallest absolute Gasteiger partial charge is 0.291 e. The van der Waals surface area contributed by atoms with Crippen LogP contribution in [0.1, 0.15) is 34.1 Å². The summed E-state index contributed by atoms with van der Waals surface area (Å²) in [5, 5.41) is 0.366. The van der Waals surface area contributed by atoms with Crippen LogP contribution >= 0.6 is 0 Å². The van der Waals surface area contributed by atoms with Crippen molar-refractivity contribution in [2.45, 2.75) is 18.5 Å². The van der Waals surface area contributed by atoms with Gasteiger partial charge in [-0.1, -0.05) is 18.2 Å². The molecule has 1 fully saturated rings. The van der Waals surface area contributed by atoms with Crippen molar-refractivity contribution in [1.29, 1.82) is 0 Å². The Balaban J connectivity index is 1.76. The molecular weight excluding hydrogens is 434 g/mol. The van der Waals surface area contributed by atoms with Crippen molar-refractivity contribution in [3.63, 3.8) is 0 Å². The molecule has 1 saturated heterocycles. The Morgan fingerprint density at radius 3 is 2.47 bits per heavy atom. The van der Waals surface area contributed by atoms with Gasteiger partial charge in [-0.05, 0) is 36.2 Å². The lowest BCUT2D eigenvalue weighted by Gasteiger charge is -2.30. The SMILES string of the molecule is COc1ccc([C@@H]2c3c(oc4ccccc4c3=O)C(=O)N2[C@H]2CCS(=O)(=O)C2)cc1OC. The van der Waals surface area contributed by atoms with Crippen molar-refractivity contribution in [3.05, 3.63) is 69.6 Å². The Bertz CT molecular complexity index is 1410. The van der Waals surface area contributed by atoms with Crippen LogP contribution in [0.3, 0.4) is 0 Å². The van der Waals surface area contributed by atoms with Crippen LogP contribution in [0.15, 0.2) is 51.7 Å². The average Bonchev–Trinajstić information content (AvgIpc) is 3.29. The average molecular weight is 455 g/mol. The van der Waals surface area contributed by atoms with Gasteiger partial charge in [0.25, 0.3) is 5.91 Å². The van der Waals surface area contributed by atoms with Crippen LogP contribution in [0.5, 0.6) is 11.5 Å². The molecule has 1 amide bonds.